The highest BCUT2D eigenvalue weighted by Gasteiger charge is 2.24. The second-order valence-corrected chi connectivity index (χ2v) is 5.06. The van der Waals surface area contributed by atoms with E-state index in [0.717, 1.165) is 37.5 Å². The Bertz CT molecular complexity index is 486. The molecular weight excluding hydrogens is 250 g/mol. The monoisotopic (exact) mass is 265 g/mol. The van der Waals surface area contributed by atoms with E-state index >= 15 is 0 Å². The summed E-state index contributed by atoms with van der Waals surface area (Å²) in [5.74, 6) is 0.272. The lowest BCUT2D eigenvalue weighted by Gasteiger charge is -2.21. The highest BCUT2D eigenvalue weighted by molar-refractivity contribution is 7.10. The van der Waals surface area contributed by atoms with Gasteiger partial charge in [0, 0.05) is 13.1 Å². The molecule has 1 aliphatic heterocycles. The second kappa shape index (κ2) is 5.23. The Balaban J connectivity index is 2.04. The first-order chi connectivity index (χ1) is 8.63. The van der Waals surface area contributed by atoms with Crippen LogP contribution in [-0.4, -0.2) is 34.3 Å². The normalized spacial score (nSPS) is 16.3. The van der Waals surface area contributed by atoms with Crippen LogP contribution < -0.4 is 11.1 Å². The molecule has 1 atom stereocenters. The molecule has 1 aromatic heterocycles. The van der Waals surface area contributed by atoms with Crippen LogP contribution in [0.5, 0.6) is 0 Å². The van der Waals surface area contributed by atoms with Gasteiger partial charge in [-0.05, 0) is 31.3 Å². The van der Waals surface area contributed by atoms with Gasteiger partial charge in [0.1, 0.15) is 22.7 Å². The van der Waals surface area contributed by atoms with Gasteiger partial charge >= 0.3 is 0 Å². The minimum absolute atomic E-state index is 0.0587. The third kappa shape index (κ3) is 2.38. The zero-order valence-electron chi connectivity index (χ0n) is 10.1. The molecule has 7 heteroatoms. The van der Waals surface area contributed by atoms with Crippen molar-refractivity contribution in [2.24, 2.45) is 0 Å². The fraction of sp³-hybridized carbons (Fsp3) is 0.545. The number of anilines is 2. The molecule has 1 aromatic rings. The van der Waals surface area contributed by atoms with Gasteiger partial charge in [-0.25, -0.2) is 0 Å². The number of hydrogen-bond acceptors (Lipinski definition) is 6. The molecule has 0 radical (unpaired) electrons. The molecule has 6 nitrogen and oxygen atoms in total. The third-order valence-corrected chi connectivity index (χ3v) is 3.76. The number of aromatic nitrogens is 1. The van der Waals surface area contributed by atoms with E-state index in [0.29, 0.717) is 10.6 Å². The number of nitrogen functional groups attached to an aromatic ring is 1. The summed E-state index contributed by atoms with van der Waals surface area (Å²) in [5.41, 5.74) is 5.89. The van der Waals surface area contributed by atoms with E-state index in [1.54, 1.807) is 6.92 Å². The maximum absolute atomic E-state index is 12.1. The average molecular weight is 265 g/mol. The van der Waals surface area contributed by atoms with E-state index in [1.165, 1.54) is 0 Å². The number of hydrogen-bond donors (Lipinski definition) is 2. The molecule has 0 bridgehead atoms. The SMILES string of the molecule is CC(Nc1snc(N)c1C#N)C(=O)N1CCCC1. The molecule has 0 spiro atoms. The molecule has 96 valence electrons. The molecule has 0 saturated carbocycles. The Morgan fingerprint density at radius 3 is 2.89 bits per heavy atom. The van der Waals surface area contributed by atoms with Gasteiger partial charge in [-0.15, -0.1) is 0 Å². The van der Waals surface area contributed by atoms with E-state index in [-0.39, 0.29) is 17.8 Å². The van der Waals surface area contributed by atoms with Crippen LogP contribution >= 0.6 is 11.5 Å². The van der Waals surface area contributed by atoms with Crippen molar-refractivity contribution in [1.29, 1.82) is 5.26 Å². The van der Waals surface area contributed by atoms with Gasteiger partial charge in [0.05, 0.1) is 0 Å². The predicted molar refractivity (Wildman–Crippen MR) is 70.1 cm³/mol. The first kappa shape index (κ1) is 12.6. The summed E-state index contributed by atoms with van der Waals surface area (Å²) in [7, 11) is 0. The van der Waals surface area contributed by atoms with Gasteiger partial charge in [-0.1, -0.05) is 0 Å². The molecule has 0 aromatic carbocycles. The second-order valence-electron chi connectivity index (χ2n) is 4.28. The van der Waals surface area contributed by atoms with Crippen LogP contribution in [0.4, 0.5) is 10.8 Å². The summed E-state index contributed by atoms with van der Waals surface area (Å²) >= 11 is 1.11. The van der Waals surface area contributed by atoms with Gasteiger partial charge in [-0.3, -0.25) is 4.79 Å². The number of nitrogens with two attached hydrogens (primary N) is 1. The minimum atomic E-state index is -0.366. The summed E-state index contributed by atoms with van der Waals surface area (Å²) < 4.78 is 3.91. The zero-order valence-corrected chi connectivity index (χ0v) is 11.0. The van der Waals surface area contributed by atoms with E-state index in [2.05, 4.69) is 9.69 Å². The molecule has 2 rings (SSSR count). The van der Waals surface area contributed by atoms with E-state index in [9.17, 15) is 4.79 Å². The van der Waals surface area contributed by atoms with Gasteiger partial charge < -0.3 is 16.0 Å². The number of likely N-dealkylation sites (tertiary alicyclic amines) is 1. The van der Waals surface area contributed by atoms with Crippen LogP contribution in [0.1, 0.15) is 25.3 Å². The van der Waals surface area contributed by atoms with Crippen molar-refractivity contribution in [1.82, 2.24) is 9.27 Å². The number of nitrogens with zero attached hydrogens (tertiary/aromatic N) is 3. The van der Waals surface area contributed by atoms with Gasteiger partial charge in [0.15, 0.2) is 5.82 Å². The molecule has 1 fully saturated rings. The summed E-state index contributed by atoms with van der Waals surface area (Å²) in [6.07, 6.45) is 2.13. The Hall–Kier alpha value is -1.81. The lowest BCUT2D eigenvalue weighted by molar-refractivity contribution is -0.130. The fourth-order valence-electron chi connectivity index (χ4n) is 1.98. The average Bonchev–Trinajstić information content (AvgIpc) is 2.98. The summed E-state index contributed by atoms with van der Waals surface area (Å²) in [5, 5.41) is 12.5. The predicted octanol–water partition coefficient (Wildman–Crippen LogP) is 1.02. The van der Waals surface area contributed by atoms with E-state index in [4.69, 9.17) is 11.0 Å². The van der Waals surface area contributed by atoms with Crippen molar-refractivity contribution >= 4 is 28.3 Å². The van der Waals surface area contributed by atoms with Crippen LogP contribution in [0.25, 0.3) is 0 Å². The quantitative estimate of drug-likeness (QED) is 0.850. The lowest BCUT2D eigenvalue weighted by Crippen LogP contribution is -2.39. The summed E-state index contributed by atoms with van der Waals surface area (Å²) in [6, 6.07) is 1.63. The van der Waals surface area contributed by atoms with Crippen molar-refractivity contribution in [3.63, 3.8) is 0 Å². The molecule has 3 N–H and O–H groups in total. The number of amides is 1. The van der Waals surface area contributed by atoms with Gasteiger partial charge in [0.2, 0.25) is 5.91 Å². The van der Waals surface area contributed by atoms with Crippen molar-refractivity contribution in [2.45, 2.75) is 25.8 Å². The highest BCUT2D eigenvalue weighted by atomic mass is 32.1. The Morgan fingerprint density at radius 2 is 2.28 bits per heavy atom. The summed E-state index contributed by atoms with van der Waals surface area (Å²) in [6.45, 7) is 3.43. The number of carbonyl (C=O) groups is 1. The van der Waals surface area contributed by atoms with Crippen molar-refractivity contribution in [3.8, 4) is 6.07 Å². The van der Waals surface area contributed by atoms with Crippen LogP contribution in [0.15, 0.2) is 0 Å². The minimum Gasteiger partial charge on any atom is -0.382 e. The molecule has 1 amide bonds. The zero-order chi connectivity index (χ0) is 13.1. The first-order valence-electron chi connectivity index (χ1n) is 5.84. The van der Waals surface area contributed by atoms with Crippen LogP contribution in [0.3, 0.4) is 0 Å². The van der Waals surface area contributed by atoms with Crippen molar-refractivity contribution in [2.75, 3.05) is 24.1 Å². The van der Waals surface area contributed by atoms with Crippen molar-refractivity contribution in [3.05, 3.63) is 5.56 Å². The molecule has 1 saturated heterocycles. The molecule has 18 heavy (non-hydrogen) atoms. The largest absolute Gasteiger partial charge is 0.382 e. The molecular formula is C11H15N5OS. The van der Waals surface area contributed by atoms with Gasteiger partial charge in [-0.2, -0.15) is 9.64 Å². The lowest BCUT2D eigenvalue weighted by atomic mass is 10.2. The number of rotatable bonds is 3. The maximum Gasteiger partial charge on any atom is 0.244 e. The number of nitrogens with one attached hydrogen (secondary N) is 1. The molecule has 2 heterocycles. The standard InChI is InChI=1S/C11H15N5OS/c1-7(11(17)16-4-2-3-5-16)14-10-8(6-12)9(13)15-18-10/h7,14H,2-5H2,1H3,(H2,13,15). The molecule has 1 aliphatic rings. The van der Waals surface area contributed by atoms with Gasteiger partial charge in [0.25, 0.3) is 0 Å². The molecule has 1 unspecified atom stereocenters. The highest BCUT2D eigenvalue weighted by Crippen LogP contribution is 2.26. The molecule has 0 aliphatic carbocycles. The maximum atomic E-state index is 12.1. The fourth-order valence-corrected chi connectivity index (χ4v) is 2.73. The van der Waals surface area contributed by atoms with Crippen molar-refractivity contribution < 1.29 is 4.79 Å². The smallest absolute Gasteiger partial charge is 0.244 e. The van der Waals surface area contributed by atoms with E-state index < -0.39 is 0 Å². The van der Waals surface area contributed by atoms with Crippen LogP contribution in [0, 0.1) is 11.3 Å². The Labute approximate surface area is 110 Å². The topological polar surface area (TPSA) is 95.0 Å². The van der Waals surface area contributed by atoms with Crippen LogP contribution in [0.2, 0.25) is 0 Å². The number of nitriles is 1. The third-order valence-electron chi connectivity index (χ3n) is 2.97. The first-order valence-corrected chi connectivity index (χ1v) is 6.61. The Morgan fingerprint density at radius 1 is 1.61 bits per heavy atom. The Kier molecular flexibility index (Phi) is 3.67. The van der Waals surface area contributed by atoms with E-state index in [1.807, 2.05) is 11.0 Å². The van der Waals surface area contributed by atoms with Crippen LogP contribution in [-0.2, 0) is 4.79 Å². The number of carbonyl (C=O) groups excluding carboxylic acids is 1. The summed E-state index contributed by atoms with van der Waals surface area (Å²) in [4.78, 5) is 13.9.